The summed E-state index contributed by atoms with van der Waals surface area (Å²) >= 11 is 0. The number of rotatable bonds is 6. The first kappa shape index (κ1) is 21.3. The molecule has 1 heterocycles. The Labute approximate surface area is 186 Å². The molecule has 162 valence electrons. The molecule has 1 aliphatic heterocycles. The maximum Gasteiger partial charge on any atom is 0.311 e. The molecule has 0 saturated carbocycles. The van der Waals surface area contributed by atoms with Gasteiger partial charge in [-0.2, -0.15) is 0 Å². The van der Waals surface area contributed by atoms with Gasteiger partial charge in [0, 0.05) is 29.9 Å². The highest BCUT2D eigenvalue weighted by atomic mass is 16.5. The van der Waals surface area contributed by atoms with Gasteiger partial charge in [0.1, 0.15) is 0 Å². The van der Waals surface area contributed by atoms with Crippen LogP contribution in [0.15, 0.2) is 78.9 Å². The maximum absolute atomic E-state index is 12.5. The number of carbonyl (C=O) groups is 3. The monoisotopic (exact) mass is 428 g/mol. The van der Waals surface area contributed by atoms with E-state index in [-0.39, 0.29) is 18.9 Å². The Hall–Kier alpha value is -3.93. The van der Waals surface area contributed by atoms with Gasteiger partial charge in [-0.1, -0.05) is 66.2 Å². The van der Waals surface area contributed by atoms with Crippen LogP contribution in [0.3, 0.4) is 0 Å². The van der Waals surface area contributed by atoms with Crippen LogP contribution < -0.4 is 10.2 Å². The molecule has 0 aromatic heterocycles. The number of nitrogens with one attached hydrogen (secondary N) is 1. The van der Waals surface area contributed by atoms with Gasteiger partial charge in [-0.25, -0.2) is 0 Å². The summed E-state index contributed by atoms with van der Waals surface area (Å²) in [6, 6.07) is 24.7. The van der Waals surface area contributed by atoms with Crippen molar-refractivity contribution in [3.63, 3.8) is 0 Å². The molecule has 32 heavy (non-hydrogen) atoms. The van der Waals surface area contributed by atoms with Crippen LogP contribution in [-0.2, 0) is 19.1 Å². The number of esters is 1. The fraction of sp³-hybridized carbons (Fsp3) is 0.192. The SMILES string of the molecule is Cc1ccc(N2CC(C(=O)OCC(=O)Nc3ccccc3-c3ccccc3)CC2=O)cc1. The molecular weight excluding hydrogens is 404 g/mol. The van der Waals surface area contributed by atoms with Crippen LogP contribution in [0.4, 0.5) is 11.4 Å². The zero-order valence-electron chi connectivity index (χ0n) is 17.8. The van der Waals surface area contributed by atoms with Crippen LogP contribution in [0.5, 0.6) is 0 Å². The Morgan fingerprint density at radius 2 is 1.66 bits per heavy atom. The van der Waals surface area contributed by atoms with Gasteiger partial charge in [-0.3, -0.25) is 14.4 Å². The second-order valence-electron chi connectivity index (χ2n) is 7.81. The average molecular weight is 428 g/mol. The van der Waals surface area contributed by atoms with E-state index in [4.69, 9.17) is 4.74 Å². The van der Waals surface area contributed by atoms with Crippen molar-refractivity contribution in [1.29, 1.82) is 0 Å². The first-order valence-electron chi connectivity index (χ1n) is 10.5. The van der Waals surface area contributed by atoms with Gasteiger partial charge < -0.3 is 15.0 Å². The zero-order chi connectivity index (χ0) is 22.5. The predicted molar refractivity (Wildman–Crippen MR) is 123 cm³/mol. The van der Waals surface area contributed by atoms with Crippen molar-refractivity contribution < 1.29 is 19.1 Å². The lowest BCUT2D eigenvalue weighted by Gasteiger charge is -2.16. The minimum Gasteiger partial charge on any atom is -0.455 e. The highest BCUT2D eigenvalue weighted by Gasteiger charge is 2.36. The Morgan fingerprint density at radius 1 is 0.969 bits per heavy atom. The van der Waals surface area contributed by atoms with Gasteiger partial charge in [-0.05, 0) is 30.7 Å². The average Bonchev–Trinajstić information content (AvgIpc) is 3.20. The lowest BCUT2D eigenvalue weighted by Crippen LogP contribution is -2.28. The standard InChI is InChI=1S/C26H24N2O4/c1-18-11-13-21(14-12-18)28-16-20(15-25(28)30)26(31)32-17-24(29)27-23-10-6-5-9-22(23)19-7-3-2-4-8-19/h2-14,20H,15-17H2,1H3,(H,27,29). The summed E-state index contributed by atoms with van der Waals surface area (Å²) in [5.41, 5.74) is 4.34. The Morgan fingerprint density at radius 3 is 2.41 bits per heavy atom. The first-order chi connectivity index (χ1) is 15.5. The van der Waals surface area contributed by atoms with Crippen molar-refractivity contribution in [2.24, 2.45) is 5.92 Å². The number of nitrogens with zero attached hydrogens (tertiary/aromatic N) is 1. The summed E-state index contributed by atoms with van der Waals surface area (Å²) in [5, 5.41) is 2.81. The predicted octanol–water partition coefficient (Wildman–Crippen LogP) is 4.20. The van der Waals surface area contributed by atoms with Crippen molar-refractivity contribution in [2.45, 2.75) is 13.3 Å². The topological polar surface area (TPSA) is 75.7 Å². The molecule has 2 amide bonds. The fourth-order valence-corrected chi connectivity index (χ4v) is 3.74. The second-order valence-corrected chi connectivity index (χ2v) is 7.81. The number of ether oxygens (including phenoxy) is 1. The van der Waals surface area contributed by atoms with Gasteiger partial charge in [0.15, 0.2) is 6.61 Å². The van der Waals surface area contributed by atoms with Crippen LogP contribution in [0, 0.1) is 12.8 Å². The van der Waals surface area contributed by atoms with Crippen molar-refractivity contribution in [1.82, 2.24) is 0 Å². The largest absolute Gasteiger partial charge is 0.455 e. The summed E-state index contributed by atoms with van der Waals surface area (Å²) in [5.74, 6) is -1.69. The second kappa shape index (κ2) is 9.47. The van der Waals surface area contributed by atoms with Gasteiger partial charge in [-0.15, -0.1) is 0 Å². The van der Waals surface area contributed by atoms with E-state index in [1.54, 1.807) is 11.0 Å². The number of aryl methyl sites for hydroxylation is 1. The van der Waals surface area contributed by atoms with E-state index in [0.717, 1.165) is 22.4 Å². The quantitative estimate of drug-likeness (QED) is 0.597. The Bertz CT molecular complexity index is 1130. The highest BCUT2D eigenvalue weighted by Crippen LogP contribution is 2.28. The fourth-order valence-electron chi connectivity index (χ4n) is 3.74. The lowest BCUT2D eigenvalue weighted by atomic mass is 10.0. The van der Waals surface area contributed by atoms with E-state index >= 15 is 0 Å². The molecule has 0 bridgehead atoms. The molecule has 0 radical (unpaired) electrons. The summed E-state index contributed by atoms with van der Waals surface area (Å²) in [7, 11) is 0. The molecule has 1 saturated heterocycles. The Kier molecular flexibility index (Phi) is 6.31. The number of carbonyl (C=O) groups excluding carboxylic acids is 3. The van der Waals surface area contributed by atoms with E-state index in [1.807, 2.05) is 79.7 Å². The van der Waals surface area contributed by atoms with Crippen molar-refractivity contribution >= 4 is 29.2 Å². The van der Waals surface area contributed by atoms with Crippen LogP contribution in [0.1, 0.15) is 12.0 Å². The normalized spacial score (nSPS) is 15.5. The summed E-state index contributed by atoms with van der Waals surface area (Å²) in [6.45, 7) is 1.81. The minimum atomic E-state index is -0.590. The van der Waals surface area contributed by atoms with Crippen molar-refractivity contribution in [3.8, 4) is 11.1 Å². The van der Waals surface area contributed by atoms with Gasteiger partial charge >= 0.3 is 5.97 Å². The third kappa shape index (κ3) is 4.86. The molecule has 0 spiro atoms. The third-order valence-corrected chi connectivity index (χ3v) is 5.44. The minimum absolute atomic E-state index is 0.0746. The molecule has 0 aliphatic carbocycles. The molecule has 1 atom stereocenters. The maximum atomic E-state index is 12.5. The van der Waals surface area contributed by atoms with Crippen LogP contribution in [-0.4, -0.2) is 30.9 Å². The summed E-state index contributed by atoms with van der Waals surface area (Å²) in [6.07, 6.45) is 0.0746. The van der Waals surface area contributed by atoms with Gasteiger partial charge in [0.05, 0.1) is 5.92 Å². The Balaban J connectivity index is 1.34. The number of para-hydroxylation sites is 1. The van der Waals surface area contributed by atoms with Crippen molar-refractivity contribution in [3.05, 3.63) is 84.4 Å². The van der Waals surface area contributed by atoms with E-state index < -0.39 is 24.4 Å². The number of hydrogen-bond acceptors (Lipinski definition) is 4. The first-order valence-corrected chi connectivity index (χ1v) is 10.5. The lowest BCUT2D eigenvalue weighted by molar-refractivity contribution is -0.151. The van der Waals surface area contributed by atoms with E-state index in [2.05, 4.69) is 5.32 Å². The molecule has 3 aromatic rings. The molecule has 6 nitrogen and oxygen atoms in total. The van der Waals surface area contributed by atoms with Gasteiger partial charge in [0.2, 0.25) is 5.91 Å². The molecule has 3 aromatic carbocycles. The number of amides is 2. The zero-order valence-corrected chi connectivity index (χ0v) is 17.8. The molecule has 4 rings (SSSR count). The molecule has 1 N–H and O–H groups in total. The van der Waals surface area contributed by atoms with E-state index in [1.165, 1.54) is 0 Å². The van der Waals surface area contributed by atoms with E-state index in [0.29, 0.717) is 5.69 Å². The van der Waals surface area contributed by atoms with Crippen molar-refractivity contribution in [2.75, 3.05) is 23.4 Å². The summed E-state index contributed by atoms with van der Waals surface area (Å²) in [4.78, 5) is 38.9. The molecule has 6 heteroatoms. The number of anilines is 2. The van der Waals surface area contributed by atoms with Gasteiger partial charge in [0.25, 0.3) is 5.91 Å². The molecular formula is C26H24N2O4. The molecule has 1 fully saturated rings. The van der Waals surface area contributed by atoms with Crippen LogP contribution in [0.25, 0.3) is 11.1 Å². The molecule has 1 unspecified atom stereocenters. The number of hydrogen-bond donors (Lipinski definition) is 1. The van der Waals surface area contributed by atoms with Crippen LogP contribution >= 0.6 is 0 Å². The van der Waals surface area contributed by atoms with Crippen LogP contribution in [0.2, 0.25) is 0 Å². The summed E-state index contributed by atoms with van der Waals surface area (Å²) < 4.78 is 5.23. The number of benzene rings is 3. The smallest absolute Gasteiger partial charge is 0.311 e. The highest BCUT2D eigenvalue weighted by molar-refractivity contribution is 6.00. The third-order valence-electron chi connectivity index (χ3n) is 5.44. The van der Waals surface area contributed by atoms with E-state index in [9.17, 15) is 14.4 Å². The molecule has 1 aliphatic rings.